The molecule has 152 valence electrons. The first kappa shape index (κ1) is 22.0. The molecule has 0 bridgehead atoms. The fourth-order valence-corrected chi connectivity index (χ4v) is 5.42. The van der Waals surface area contributed by atoms with Crippen molar-refractivity contribution in [1.82, 2.24) is 0 Å². The van der Waals surface area contributed by atoms with Crippen LogP contribution in [0.2, 0.25) is 20.1 Å². The quantitative estimate of drug-likeness (QED) is 0.182. The van der Waals surface area contributed by atoms with E-state index in [-0.39, 0.29) is 31.8 Å². The van der Waals surface area contributed by atoms with E-state index >= 15 is 0 Å². The smallest absolute Gasteiger partial charge is 0.283 e. The van der Waals surface area contributed by atoms with Crippen LogP contribution >= 0.6 is 46.4 Å². The maximum atomic E-state index is 12.9. The number of halogens is 4. The van der Waals surface area contributed by atoms with Crippen molar-refractivity contribution in [3.63, 3.8) is 0 Å². The monoisotopic (exact) mass is 492 g/mol. The summed E-state index contributed by atoms with van der Waals surface area (Å²) in [5.74, 6) is -1.32. The van der Waals surface area contributed by atoms with Crippen molar-refractivity contribution in [3.05, 3.63) is 91.4 Å². The van der Waals surface area contributed by atoms with E-state index in [2.05, 4.69) is 0 Å². The number of phenols is 2. The molecule has 0 spiro atoms. The molecule has 1 unspecified atom stereocenters. The summed E-state index contributed by atoms with van der Waals surface area (Å²) in [4.78, 5) is 0. The van der Waals surface area contributed by atoms with Crippen molar-refractivity contribution in [2.45, 2.75) is 4.75 Å². The number of aromatic hydroxyl groups is 2. The van der Waals surface area contributed by atoms with Gasteiger partial charge in [-0.2, -0.15) is 8.42 Å². The van der Waals surface area contributed by atoms with Crippen molar-refractivity contribution in [2.24, 2.45) is 0 Å². The maximum absolute atomic E-state index is 12.9. The van der Waals surface area contributed by atoms with E-state index in [1.165, 1.54) is 30.3 Å². The molecular formula is C19H12Cl4O5S. The Balaban J connectivity index is 2.60. The van der Waals surface area contributed by atoms with Gasteiger partial charge in [-0.3, -0.25) is 4.55 Å². The molecule has 0 saturated carbocycles. The Kier molecular flexibility index (Phi) is 5.98. The molecule has 5 nitrogen and oxygen atoms in total. The number of hydrogen-bond donors (Lipinski definition) is 3. The molecule has 0 heterocycles. The molecule has 0 aliphatic rings. The Hall–Kier alpha value is -1.67. The molecule has 3 aromatic carbocycles. The van der Waals surface area contributed by atoms with E-state index in [1.54, 1.807) is 18.2 Å². The van der Waals surface area contributed by atoms with Crippen molar-refractivity contribution in [2.75, 3.05) is 0 Å². The fourth-order valence-electron chi connectivity index (χ4n) is 3.17. The highest BCUT2D eigenvalue weighted by Crippen LogP contribution is 2.51. The zero-order valence-electron chi connectivity index (χ0n) is 14.3. The van der Waals surface area contributed by atoms with Crippen LogP contribution in [0.4, 0.5) is 0 Å². The first-order chi connectivity index (χ1) is 13.5. The van der Waals surface area contributed by atoms with Crippen LogP contribution < -0.4 is 0 Å². The van der Waals surface area contributed by atoms with Crippen molar-refractivity contribution in [3.8, 4) is 11.5 Å². The number of hydrogen-bond acceptors (Lipinski definition) is 4. The minimum atomic E-state index is -5.02. The third kappa shape index (κ3) is 3.54. The van der Waals surface area contributed by atoms with E-state index in [0.717, 1.165) is 6.07 Å². The van der Waals surface area contributed by atoms with Gasteiger partial charge in [0.2, 0.25) is 0 Å². The molecule has 0 aliphatic heterocycles. The molecule has 0 saturated heterocycles. The first-order valence-corrected chi connectivity index (χ1v) is 10.9. The van der Waals surface area contributed by atoms with Gasteiger partial charge in [-0.05, 0) is 29.3 Å². The van der Waals surface area contributed by atoms with Crippen LogP contribution in [0.3, 0.4) is 0 Å². The zero-order chi connectivity index (χ0) is 21.6. The summed E-state index contributed by atoms with van der Waals surface area (Å²) in [6.45, 7) is 0. The van der Waals surface area contributed by atoms with Gasteiger partial charge < -0.3 is 10.2 Å². The standard InChI is InChI=1S/C19H12Cl4O5S/c20-13-8-11(9-14(21)17(13)23)19(29(26,27)28,10-4-2-1-3-5-10)12-6-7-15(24)18(25)16(12)22/h1-9,24-25H,(H,26,27,28). The van der Waals surface area contributed by atoms with Gasteiger partial charge in [-0.1, -0.05) is 82.8 Å². The predicted octanol–water partition coefficient (Wildman–Crippen LogP) is 5.89. The van der Waals surface area contributed by atoms with E-state index in [9.17, 15) is 23.2 Å². The Labute approximate surface area is 186 Å². The summed E-state index contributed by atoms with van der Waals surface area (Å²) >= 11 is 24.5. The van der Waals surface area contributed by atoms with E-state index in [1.807, 2.05) is 0 Å². The molecule has 0 amide bonds. The van der Waals surface area contributed by atoms with E-state index in [4.69, 9.17) is 46.4 Å². The number of rotatable bonds is 4. The second kappa shape index (κ2) is 7.87. The summed E-state index contributed by atoms with van der Waals surface area (Å²) in [6, 6.07) is 12.4. The van der Waals surface area contributed by atoms with Crippen LogP contribution in [-0.4, -0.2) is 23.2 Å². The molecule has 0 fully saturated rings. The Bertz CT molecular complexity index is 1180. The summed E-state index contributed by atoms with van der Waals surface area (Å²) in [5.41, 5.74) is -0.209. The highest BCUT2D eigenvalue weighted by Gasteiger charge is 2.50. The van der Waals surface area contributed by atoms with Gasteiger partial charge in [0, 0.05) is 5.56 Å². The third-order valence-electron chi connectivity index (χ3n) is 4.43. The number of benzene rings is 3. The molecule has 0 aliphatic carbocycles. The van der Waals surface area contributed by atoms with Gasteiger partial charge in [0.1, 0.15) is 0 Å². The van der Waals surface area contributed by atoms with Gasteiger partial charge in [0.25, 0.3) is 10.1 Å². The van der Waals surface area contributed by atoms with E-state index < -0.39 is 31.4 Å². The maximum Gasteiger partial charge on any atom is 0.283 e. The van der Waals surface area contributed by atoms with Crippen LogP contribution in [-0.2, 0) is 14.9 Å². The van der Waals surface area contributed by atoms with Crippen molar-refractivity contribution in [1.29, 1.82) is 0 Å². The zero-order valence-corrected chi connectivity index (χ0v) is 18.1. The van der Waals surface area contributed by atoms with E-state index in [0.29, 0.717) is 0 Å². The molecule has 3 aromatic rings. The first-order valence-electron chi connectivity index (χ1n) is 7.90. The van der Waals surface area contributed by atoms with Gasteiger partial charge in [-0.25, -0.2) is 0 Å². The summed E-state index contributed by atoms with van der Waals surface area (Å²) < 4.78 is 34.0. The summed E-state index contributed by atoms with van der Waals surface area (Å²) in [7, 11) is -5.02. The average molecular weight is 494 g/mol. The minimum Gasteiger partial charge on any atom is -0.504 e. The second-order valence-corrected chi connectivity index (χ2v) is 9.20. The highest BCUT2D eigenvalue weighted by molar-refractivity contribution is 7.87. The van der Waals surface area contributed by atoms with Crippen LogP contribution in [0.25, 0.3) is 0 Å². The Morgan fingerprint density at radius 3 is 1.83 bits per heavy atom. The van der Waals surface area contributed by atoms with Crippen LogP contribution in [0, 0.1) is 0 Å². The van der Waals surface area contributed by atoms with Crippen LogP contribution in [0.5, 0.6) is 11.5 Å². The molecule has 10 heteroatoms. The lowest BCUT2D eigenvalue weighted by Gasteiger charge is -2.33. The SMILES string of the molecule is O=S(=O)(O)C(c1ccccc1)(c1cc(Cl)c(Cl)c(Cl)c1)c1ccc(O)c(O)c1Cl. The largest absolute Gasteiger partial charge is 0.504 e. The summed E-state index contributed by atoms with van der Waals surface area (Å²) in [6.07, 6.45) is 0. The predicted molar refractivity (Wildman–Crippen MR) is 114 cm³/mol. The second-order valence-electron chi connectivity index (χ2n) is 6.07. The van der Waals surface area contributed by atoms with Crippen LogP contribution in [0.15, 0.2) is 54.6 Å². The van der Waals surface area contributed by atoms with Crippen molar-refractivity contribution < 1.29 is 23.2 Å². The molecule has 0 aromatic heterocycles. The fraction of sp³-hybridized carbons (Fsp3) is 0.0526. The molecule has 29 heavy (non-hydrogen) atoms. The van der Waals surface area contributed by atoms with Crippen LogP contribution in [0.1, 0.15) is 16.7 Å². The van der Waals surface area contributed by atoms with Crippen molar-refractivity contribution >= 4 is 56.5 Å². The van der Waals surface area contributed by atoms with Gasteiger partial charge in [0.05, 0.1) is 20.1 Å². The normalized spacial score (nSPS) is 13.8. The Morgan fingerprint density at radius 2 is 1.31 bits per heavy atom. The molecule has 1 atom stereocenters. The third-order valence-corrected chi connectivity index (χ3v) is 7.48. The Morgan fingerprint density at radius 1 is 0.759 bits per heavy atom. The number of phenolic OH excluding ortho intramolecular Hbond substituents is 2. The highest BCUT2D eigenvalue weighted by atomic mass is 35.5. The molecule has 3 rings (SSSR count). The van der Waals surface area contributed by atoms with Gasteiger partial charge >= 0.3 is 0 Å². The molecular weight excluding hydrogens is 482 g/mol. The lowest BCUT2D eigenvalue weighted by atomic mass is 9.83. The molecule has 0 radical (unpaired) electrons. The molecule has 3 N–H and O–H groups in total. The average Bonchev–Trinajstić information content (AvgIpc) is 2.66. The lowest BCUT2D eigenvalue weighted by molar-refractivity contribution is 0.402. The topological polar surface area (TPSA) is 94.8 Å². The van der Waals surface area contributed by atoms with Gasteiger partial charge in [0.15, 0.2) is 16.2 Å². The lowest BCUT2D eigenvalue weighted by Crippen LogP contribution is -2.38. The van der Waals surface area contributed by atoms with Gasteiger partial charge in [-0.15, -0.1) is 0 Å². The minimum absolute atomic E-state index is 0.00552. The summed E-state index contributed by atoms with van der Waals surface area (Å²) in [5, 5.41) is 19.3.